The molecule has 2 aliphatic heterocycles. The Morgan fingerprint density at radius 1 is 1.35 bits per heavy atom. The van der Waals surface area contributed by atoms with E-state index in [1.807, 2.05) is 6.20 Å². The Morgan fingerprint density at radius 3 is 2.88 bits per heavy atom. The Balaban J connectivity index is 0.00000108. The number of imidazole rings is 1. The standard InChI is InChI=1S/C12H20N4.ClH/c1-15-5-2-3-11(15)12-14-8-10-7-9(13)4-6-16(10)12;/h8-9,11H,2-7,13H2,1H3;1H. The Labute approximate surface area is 109 Å². The lowest BCUT2D eigenvalue weighted by atomic mass is 10.1. The summed E-state index contributed by atoms with van der Waals surface area (Å²) >= 11 is 0. The lowest BCUT2D eigenvalue weighted by molar-refractivity contribution is 0.293. The first-order chi connectivity index (χ1) is 7.75. The number of rotatable bonds is 1. The third-order valence-electron chi connectivity index (χ3n) is 3.98. The molecule has 0 aliphatic carbocycles. The van der Waals surface area contributed by atoms with Crippen LogP contribution >= 0.6 is 12.4 Å². The molecule has 0 aromatic carbocycles. The van der Waals surface area contributed by atoms with Crippen molar-refractivity contribution < 1.29 is 0 Å². The van der Waals surface area contributed by atoms with Gasteiger partial charge in [-0.2, -0.15) is 0 Å². The molecule has 0 amide bonds. The normalized spacial score (nSPS) is 28.8. The minimum atomic E-state index is 0. The van der Waals surface area contributed by atoms with Crippen LogP contribution in [0.3, 0.4) is 0 Å². The summed E-state index contributed by atoms with van der Waals surface area (Å²) in [6, 6.07) is 0.862. The summed E-state index contributed by atoms with van der Waals surface area (Å²) in [6.45, 7) is 2.25. The zero-order valence-corrected chi connectivity index (χ0v) is 11.1. The largest absolute Gasteiger partial charge is 0.331 e. The van der Waals surface area contributed by atoms with Crippen molar-refractivity contribution in [1.29, 1.82) is 0 Å². The van der Waals surface area contributed by atoms with Gasteiger partial charge in [0.25, 0.3) is 0 Å². The molecule has 1 fully saturated rings. The van der Waals surface area contributed by atoms with Crippen LogP contribution in [0.5, 0.6) is 0 Å². The highest BCUT2D eigenvalue weighted by Gasteiger charge is 2.29. The molecule has 3 heterocycles. The summed E-state index contributed by atoms with van der Waals surface area (Å²) < 4.78 is 2.40. The molecule has 0 saturated carbocycles. The van der Waals surface area contributed by atoms with Gasteiger partial charge in [0.15, 0.2) is 0 Å². The molecule has 1 aromatic heterocycles. The maximum Gasteiger partial charge on any atom is 0.126 e. The van der Waals surface area contributed by atoms with Crippen molar-refractivity contribution >= 4 is 12.4 Å². The number of nitrogens with zero attached hydrogens (tertiary/aromatic N) is 3. The topological polar surface area (TPSA) is 47.1 Å². The van der Waals surface area contributed by atoms with Crippen LogP contribution < -0.4 is 5.73 Å². The lowest BCUT2D eigenvalue weighted by Gasteiger charge is -2.25. The SMILES string of the molecule is CN1CCCC1c1ncc2n1CCC(N)C2.Cl. The molecule has 1 saturated heterocycles. The van der Waals surface area contributed by atoms with Crippen LogP contribution in [0.1, 0.15) is 36.8 Å². The number of nitrogens with two attached hydrogens (primary N) is 1. The predicted octanol–water partition coefficient (Wildman–Crippen LogP) is 1.35. The minimum Gasteiger partial charge on any atom is -0.331 e. The summed E-state index contributed by atoms with van der Waals surface area (Å²) in [4.78, 5) is 7.05. The smallest absolute Gasteiger partial charge is 0.126 e. The van der Waals surface area contributed by atoms with Crippen LogP contribution in [-0.4, -0.2) is 34.1 Å². The van der Waals surface area contributed by atoms with Gasteiger partial charge >= 0.3 is 0 Å². The summed E-state index contributed by atoms with van der Waals surface area (Å²) in [5.41, 5.74) is 7.32. The first-order valence-corrected chi connectivity index (χ1v) is 6.26. The molecule has 0 bridgehead atoms. The van der Waals surface area contributed by atoms with E-state index in [2.05, 4.69) is 21.5 Å². The van der Waals surface area contributed by atoms with E-state index >= 15 is 0 Å². The monoisotopic (exact) mass is 256 g/mol. The quantitative estimate of drug-likeness (QED) is 0.825. The van der Waals surface area contributed by atoms with Crippen LogP contribution in [0, 0.1) is 0 Å². The van der Waals surface area contributed by atoms with Gasteiger partial charge in [0.2, 0.25) is 0 Å². The fourth-order valence-electron chi connectivity index (χ4n) is 3.02. The highest BCUT2D eigenvalue weighted by Crippen LogP contribution is 2.31. The molecule has 17 heavy (non-hydrogen) atoms. The average Bonchev–Trinajstić information content (AvgIpc) is 2.83. The second-order valence-corrected chi connectivity index (χ2v) is 5.15. The molecule has 2 atom stereocenters. The van der Waals surface area contributed by atoms with E-state index in [9.17, 15) is 0 Å². The molecule has 2 N–H and O–H groups in total. The number of aromatic nitrogens is 2. The third-order valence-corrected chi connectivity index (χ3v) is 3.98. The van der Waals surface area contributed by atoms with Crippen molar-refractivity contribution in [2.45, 2.75) is 44.3 Å². The van der Waals surface area contributed by atoms with Gasteiger partial charge < -0.3 is 10.3 Å². The number of hydrogen-bond acceptors (Lipinski definition) is 3. The summed E-state index contributed by atoms with van der Waals surface area (Å²) in [5, 5.41) is 0. The van der Waals surface area contributed by atoms with Crippen molar-refractivity contribution in [3.63, 3.8) is 0 Å². The molecule has 96 valence electrons. The van der Waals surface area contributed by atoms with E-state index in [0.29, 0.717) is 12.1 Å². The van der Waals surface area contributed by atoms with E-state index in [4.69, 9.17) is 5.73 Å². The highest BCUT2D eigenvalue weighted by atomic mass is 35.5. The van der Waals surface area contributed by atoms with Gasteiger partial charge in [0.05, 0.1) is 6.04 Å². The maximum absolute atomic E-state index is 5.99. The molecule has 0 spiro atoms. The Bertz CT molecular complexity index is 390. The second-order valence-electron chi connectivity index (χ2n) is 5.15. The van der Waals surface area contributed by atoms with Crippen molar-refractivity contribution in [2.75, 3.05) is 13.6 Å². The fourth-order valence-corrected chi connectivity index (χ4v) is 3.02. The van der Waals surface area contributed by atoms with Gasteiger partial charge in [0.1, 0.15) is 5.82 Å². The van der Waals surface area contributed by atoms with Gasteiger partial charge in [-0.25, -0.2) is 4.98 Å². The predicted molar refractivity (Wildman–Crippen MR) is 70.4 cm³/mol. The van der Waals surface area contributed by atoms with Crippen molar-refractivity contribution in [2.24, 2.45) is 5.73 Å². The molecular weight excluding hydrogens is 236 g/mol. The van der Waals surface area contributed by atoms with E-state index in [1.165, 1.54) is 30.9 Å². The van der Waals surface area contributed by atoms with Gasteiger partial charge in [-0.15, -0.1) is 12.4 Å². The zero-order valence-electron chi connectivity index (χ0n) is 10.3. The summed E-state index contributed by atoms with van der Waals surface area (Å²) in [6.07, 6.45) is 6.65. The highest BCUT2D eigenvalue weighted by molar-refractivity contribution is 5.85. The second kappa shape index (κ2) is 4.96. The van der Waals surface area contributed by atoms with Crippen molar-refractivity contribution in [3.05, 3.63) is 17.7 Å². The molecule has 3 rings (SSSR count). The molecule has 1 aromatic rings. The van der Waals surface area contributed by atoms with Gasteiger partial charge in [-0.05, 0) is 32.9 Å². The third kappa shape index (κ3) is 2.21. The number of fused-ring (bicyclic) bond motifs is 1. The van der Waals surface area contributed by atoms with Crippen LogP contribution in [0.25, 0.3) is 0 Å². The molecule has 0 radical (unpaired) electrons. The Morgan fingerprint density at radius 2 is 2.18 bits per heavy atom. The van der Waals surface area contributed by atoms with Crippen LogP contribution in [0.15, 0.2) is 6.20 Å². The summed E-state index contributed by atoms with van der Waals surface area (Å²) in [5.74, 6) is 1.27. The van der Waals surface area contributed by atoms with Gasteiger partial charge in [-0.1, -0.05) is 0 Å². The molecule has 5 heteroatoms. The minimum absolute atomic E-state index is 0. The molecule has 2 aliphatic rings. The molecule has 4 nitrogen and oxygen atoms in total. The Hall–Kier alpha value is -0.580. The average molecular weight is 257 g/mol. The first-order valence-electron chi connectivity index (χ1n) is 6.26. The fraction of sp³-hybridized carbons (Fsp3) is 0.750. The van der Waals surface area contributed by atoms with Crippen LogP contribution in [0.2, 0.25) is 0 Å². The lowest BCUT2D eigenvalue weighted by Crippen LogP contribution is -2.32. The van der Waals surface area contributed by atoms with Crippen molar-refractivity contribution in [3.8, 4) is 0 Å². The van der Waals surface area contributed by atoms with E-state index < -0.39 is 0 Å². The Kier molecular flexibility index (Phi) is 3.76. The first kappa shape index (κ1) is 12.9. The molecular formula is C12H21ClN4. The maximum atomic E-state index is 5.99. The number of halogens is 1. The molecule has 2 unspecified atom stereocenters. The van der Waals surface area contributed by atoms with Crippen molar-refractivity contribution in [1.82, 2.24) is 14.5 Å². The number of likely N-dealkylation sites (tertiary alicyclic amines) is 1. The summed E-state index contributed by atoms with van der Waals surface area (Å²) in [7, 11) is 2.20. The van der Waals surface area contributed by atoms with E-state index in [-0.39, 0.29) is 12.4 Å². The van der Waals surface area contributed by atoms with E-state index in [1.54, 1.807) is 0 Å². The van der Waals surface area contributed by atoms with Gasteiger partial charge in [-0.3, -0.25) is 4.90 Å². The number of hydrogen-bond donors (Lipinski definition) is 1. The van der Waals surface area contributed by atoms with Crippen LogP contribution in [-0.2, 0) is 13.0 Å². The zero-order chi connectivity index (χ0) is 11.1. The van der Waals surface area contributed by atoms with Crippen LogP contribution in [0.4, 0.5) is 0 Å². The van der Waals surface area contributed by atoms with Gasteiger partial charge in [0, 0.05) is 30.9 Å². The van der Waals surface area contributed by atoms with E-state index in [0.717, 1.165) is 19.4 Å².